The Hall–Kier alpha value is 0.140. The second-order valence-electron chi connectivity index (χ2n) is 1.41. The Bertz CT molecular complexity index is 116. The first-order chi connectivity index (χ1) is 3.72. The minimum Gasteiger partial charge on any atom is -0.294 e. The third kappa shape index (κ3) is 2.45. The molecule has 0 aliphatic carbocycles. The zero-order valence-corrected chi connectivity index (χ0v) is 7.23. The van der Waals surface area contributed by atoms with Gasteiger partial charge in [0.05, 0.1) is 3.58 Å². The quantitative estimate of drug-likeness (QED) is 0.519. The van der Waals surface area contributed by atoms with E-state index in [1.165, 1.54) is 0 Å². The third-order valence-electron chi connectivity index (χ3n) is 0.841. The predicted octanol–water partition coefficient (Wildman–Crippen LogP) is 2.30. The van der Waals surface area contributed by atoms with E-state index in [0.717, 1.165) is 3.58 Å². The Morgan fingerprint density at radius 1 is 1.75 bits per heavy atom. The Labute approximate surface area is 63.3 Å². The van der Waals surface area contributed by atoms with Crippen molar-refractivity contribution >= 4 is 28.4 Å². The van der Waals surface area contributed by atoms with Crippen molar-refractivity contribution in [2.24, 2.45) is 0 Å². The summed E-state index contributed by atoms with van der Waals surface area (Å²) < 4.78 is 0.838. The molecule has 46 valence electrons. The number of halogens is 1. The van der Waals surface area contributed by atoms with Crippen LogP contribution < -0.4 is 0 Å². The smallest absolute Gasteiger partial charge is 0.168 e. The van der Waals surface area contributed by atoms with Gasteiger partial charge in [-0.3, -0.25) is 4.79 Å². The van der Waals surface area contributed by atoms with Crippen LogP contribution >= 0.6 is 22.6 Å². The van der Waals surface area contributed by atoms with Crippen LogP contribution in [0.2, 0.25) is 0 Å². The summed E-state index contributed by atoms with van der Waals surface area (Å²) in [7, 11) is 0. The van der Waals surface area contributed by atoms with Crippen LogP contribution in [0.4, 0.5) is 0 Å². The van der Waals surface area contributed by atoms with Gasteiger partial charge in [0.1, 0.15) is 0 Å². The number of carbonyl (C=O) groups excluding carboxylic acids is 1. The summed E-state index contributed by atoms with van der Waals surface area (Å²) in [5.74, 6) is 0.230. The van der Waals surface area contributed by atoms with Gasteiger partial charge < -0.3 is 0 Å². The van der Waals surface area contributed by atoms with Crippen molar-refractivity contribution in [3.05, 3.63) is 9.66 Å². The summed E-state index contributed by atoms with van der Waals surface area (Å²) in [6.45, 7) is 3.74. The lowest BCUT2D eigenvalue weighted by Crippen LogP contribution is -1.91. The fourth-order valence-corrected chi connectivity index (χ4v) is 0.711. The lowest BCUT2D eigenvalue weighted by atomic mass is 10.3. The van der Waals surface area contributed by atoms with Crippen molar-refractivity contribution in [1.29, 1.82) is 0 Å². The number of carbonyl (C=O) groups is 1. The van der Waals surface area contributed by atoms with E-state index in [4.69, 9.17) is 0 Å². The first-order valence-electron chi connectivity index (χ1n) is 2.57. The normalized spacial score (nSPS) is 11.6. The molecule has 0 aromatic heterocycles. The second-order valence-corrected chi connectivity index (χ2v) is 2.58. The number of hydrogen-bond donors (Lipinski definition) is 0. The monoisotopic (exact) mass is 224 g/mol. The molecule has 0 spiro atoms. The van der Waals surface area contributed by atoms with Crippen molar-refractivity contribution in [3.63, 3.8) is 0 Å². The maximum Gasteiger partial charge on any atom is 0.168 e. The Balaban J connectivity index is 3.83. The van der Waals surface area contributed by atoms with Crippen LogP contribution in [-0.4, -0.2) is 5.78 Å². The standard InChI is InChI=1S/C6H9IO/c1-3-5(7)6(8)4-2/h3H,4H2,1-2H3. The lowest BCUT2D eigenvalue weighted by molar-refractivity contribution is -0.114. The van der Waals surface area contributed by atoms with E-state index in [1.807, 2.05) is 42.5 Å². The van der Waals surface area contributed by atoms with Gasteiger partial charge in [0.15, 0.2) is 5.78 Å². The number of Topliss-reactive ketones (excluding diaryl/α,β-unsaturated/α-hetero) is 1. The molecule has 0 aromatic rings. The Kier molecular flexibility index (Phi) is 4.13. The summed E-state index contributed by atoms with van der Waals surface area (Å²) in [6, 6.07) is 0. The maximum atomic E-state index is 10.7. The third-order valence-corrected chi connectivity index (χ3v) is 2.07. The average molecular weight is 224 g/mol. The van der Waals surface area contributed by atoms with Crippen LogP contribution in [0.1, 0.15) is 20.3 Å². The molecule has 0 aliphatic rings. The highest BCUT2D eigenvalue weighted by atomic mass is 127. The number of hydrogen-bond acceptors (Lipinski definition) is 1. The van der Waals surface area contributed by atoms with E-state index < -0.39 is 0 Å². The number of ketones is 1. The van der Waals surface area contributed by atoms with Gasteiger partial charge in [-0.05, 0) is 29.5 Å². The van der Waals surface area contributed by atoms with E-state index in [0.29, 0.717) is 6.42 Å². The molecule has 0 saturated carbocycles. The second kappa shape index (κ2) is 4.06. The molecule has 0 aliphatic heterocycles. The van der Waals surface area contributed by atoms with Gasteiger partial charge in [0, 0.05) is 6.42 Å². The molecule has 2 heteroatoms. The Morgan fingerprint density at radius 2 is 2.25 bits per heavy atom. The number of rotatable bonds is 2. The maximum absolute atomic E-state index is 10.7. The van der Waals surface area contributed by atoms with E-state index >= 15 is 0 Å². The highest BCUT2D eigenvalue weighted by molar-refractivity contribution is 14.1. The van der Waals surface area contributed by atoms with Gasteiger partial charge >= 0.3 is 0 Å². The summed E-state index contributed by atoms with van der Waals surface area (Å²) in [6.07, 6.45) is 2.44. The molecule has 0 bridgehead atoms. The van der Waals surface area contributed by atoms with Crippen LogP contribution in [0.3, 0.4) is 0 Å². The lowest BCUT2D eigenvalue weighted by Gasteiger charge is -1.88. The number of allylic oxidation sites excluding steroid dienone is 2. The van der Waals surface area contributed by atoms with Gasteiger partial charge in [0.25, 0.3) is 0 Å². The molecule has 0 heterocycles. The van der Waals surface area contributed by atoms with Gasteiger partial charge in [-0.2, -0.15) is 0 Å². The minimum atomic E-state index is 0.230. The fraction of sp³-hybridized carbons (Fsp3) is 0.500. The molecular formula is C6H9IO. The highest BCUT2D eigenvalue weighted by Crippen LogP contribution is 2.07. The van der Waals surface area contributed by atoms with Gasteiger partial charge in [-0.1, -0.05) is 13.0 Å². The predicted molar refractivity (Wildman–Crippen MR) is 43.1 cm³/mol. The summed E-state index contributed by atoms with van der Waals surface area (Å²) in [4.78, 5) is 10.7. The van der Waals surface area contributed by atoms with Crippen molar-refractivity contribution in [3.8, 4) is 0 Å². The zero-order valence-electron chi connectivity index (χ0n) is 5.07. The van der Waals surface area contributed by atoms with Crippen LogP contribution in [0, 0.1) is 0 Å². The van der Waals surface area contributed by atoms with Crippen molar-refractivity contribution < 1.29 is 4.79 Å². The van der Waals surface area contributed by atoms with Crippen molar-refractivity contribution in [1.82, 2.24) is 0 Å². The molecule has 0 rings (SSSR count). The Morgan fingerprint density at radius 3 is 2.38 bits per heavy atom. The molecule has 0 N–H and O–H groups in total. The van der Waals surface area contributed by atoms with Crippen LogP contribution in [0.15, 0.2) is 9.66 Å². The highest BCUT2D eigenvalue weighted by Gasteiger charge is 1.98. The van der Waals surface area contributed by atoms with Crippen molar-refractivity contribution in [2.75, 3.05) is 0 Å². The topological polar surface area (TPSA) is 17.1 Å². The molecule has 0 unspecified atom stereocenters. The molecule has 1 nitrogen and oxygen atoms in total. The zero-order chi connectivity index (χ0) is 6.57. The summed E-state index contributed by atoms with van der Waals surface area (Å²) >= 11 is 2.04. The van der Waals surface area contributed by atoms with Crippen LogP contribution in [0.5, 0.6) is 0 Å². The van der Waals surface area contributed by atoms with Gasteiger partial charge in [0.2, 0.25) is 0 Å². The first-order valence-corrected chi connectivity index (χ1v) is 3.65. The first kappa shape index (κ1) is 8.14. The van der Waals surface area contributed by atoms with Gasteiger partial charge in [-0.25, -0.2) is 0 Å². The van der Waals surface area contributed by atoms with E-state index in [-0.39, 0.29) is 5.78 Å². The van der Waals surface area contributed by atoms with E-state index in [9.17, 15) is 4.79 Å². The molecule has 0 atom stereocenters. The SMILES string of the molecule is CC=C(I)C(=O)CC. The van der Waals surface area contributed by atoms with E-state index in [2.05, 4.69) is 0 Å². The van der Waals surface area contributed by atoms with E-state index in [1.54, 1.807) is 0 Å². The molecule has 0 aromatic carbocycles. The molecule has 0 fully saturated rings. The minimum absolute atomic E-state index is 0.230. The van der Waals surface area contributed by atoms with Crippen LogP contribution in [0.25, 0.3) is 0 Å². The largest absolute Gasteiger partial charge is 0.294 e. The summed E-state index contributed by atoms with van der Waals surface area (Å²) in [5.41, 5.74) is 0. The molecular weight excluding hydrogens is 215 g/mol. The van der Waals surface area contributed by atoms with Crippen LogP contribution in [-0.2, 0) is 4.79 Å². The molecule has 0 saturated heterocycles. The molecule has 0 amide bonds. The average Bonchev–Trinajstić information content (AvgIpc) is 1.84. The fourth-order valence-electron chi connectivity index (χ4n) is 0.330. The molecule has 8 heavy (non-hydrogen) atoms. The summed E-state index contributed by atoms with van der Waals surface area (Å²) in [5, 5.41) is 0. The van der Waals surface area contributed by atoms with Gasteiger partial charge in [-0.15, -0.1) is 0 Å². The van der Waals surface area contributed by atoms with Crippen molar-refractivity contribution in [2.45, 2.75) is 20.3 Å². The molecule has 0 radical (unpaired) electrons.